The Labute approximate surface area is 117 Å². The van der Waals surface area contributed by atoms with Crippen LogP contribution in [0.3, 0.4) is 0 Å². The molecule has 0 spiro atoms. The van der Waals surface area contributed by atoms with Crippen molar-refractivity contribution < 1.29 is 23.9 Å². The topological polar surface area (TPSA) is 81.7 Å². The third kappa shape index (κ3) is 3.57. The molecular weight excluding hydrogens is 262 g/mol. The first-order valence-corrected chi connectivity index (χ1v) is 5.91. The van der Waals surface area contributed by atoms with Crippen molar-refractivity contribution in [3.05, 3.63) is 35.4 Å². The number of carbonyl (C=O) groups excluding carboxylic acids is 3. The summed E-state index contributed by atoms with van der Waals surface area (Å²) in [6.45, 7) is 3.08. The summed E-state index contributed by atoms with van der Waals surface area (Å²) in [5.41, 5.74) is -0.460. The molecule has 0 saturated heterocycles. The summed E-state index contributed by atoms with van der Waals surface area (Å²) in [6, 6.07) is 5.92. The van der Waals surface area contributed by atoms with E-state index in [0.717, 1.165) is 0 Å². The Morgan fingerprint density at radius 1 is 0.950 bits per heavy atom. The monoisotopic (exact) mass is 279 g/mol. The fourth-order valence-corrected chi connectivity index (χ4v) is 1.54. The molecule has 6 heteroatoms. The molecule has 1 amide bonds. The Morgan fingerprint density at radius 3 is 1.90 bits per heavy atom. The van der Waals surface area contributed by atoms with E-state index < -0.39 is 23.4 Å². The molecule has 6 nitrogen and oxygen atoms in total. The maximum Gasteiger partial charge on any atom is 0.337 e. The van der Waals surface area contributed by atoms with Gasteiger partial charge in [0, 0.05) is 5.56 Å². The zero-order chi connectivity index (χ0) is 15.3. The largest absolute Gasteiger partial charge is 0.467 e. The van der Waals surface area contributed by atoms with Crippen molar-refractivity contribution in [2.24, 2.45) is 0 Å². The van der Waals surface area contributed by atoms with Gasteiger partial charge in [-0.15, -0.1) is 0 Å². The van der Waals surface area contributed by atoms with Gasteiger partial charge in [0.05, 0.1) is 19.8 Å². The van der Waals surface area contributed by atoms with Gasteiger partial charge >= 0.3 is 11.9 Å². The minimum absolute atomic E-state index is 0.328. The number of hydrogen-bond acceptors (Lipinski definition) is 5. The third-order valence-electron chi connectivity index (χ3n) is 2.69. The van der Waals surface area contributed by atoms with Crippen LogP contribution in [0.2, 0.25) is 0 Å². The van der Waals surface area contributed by atoms with Gasteiger partial charge in [0.2, 0.25) is 0 Å². The minimum atomic E-state index is -1.13. The summed E-state index contributed by atoms with van der Waals surface area (Å²) in [5.74, 6) is -1.46. The lowest BCUT2D eigenvalue weighted by molar-refractivity contribution is -0.146. The molecule has 1 N–H and O–H groups in total. The number of nitrogens with one attached hydrogen (secondary N) is 1. The molecule has 0 fully saturated rings. The van der Waals surface area contributed by atoms with Crippen LogP contribution >= 0.6 is 0 Å². The van der Waals surface area contributed by atoms with Crippen molar-refractivity contribution in [1.82, 2.24) is 5.32 Å². The molecule has 0 aromatic heterocycles. The van der Waals surface area contributed by atoms with Crippen LogP contribution in [0.25, 0.3) is 0 Å². The van der Waals surface area contributed by atoms with E-state index in [9.17, 15) is 14.4 Å². The highest BCUT2D eigenvalue weighted by molar-refractivity contribution is 5.99. The molecular formula is C14H17NO5. The van der Waals surface area contributed by atoms with Gasteiger partial charge in [-0.25, -0.2) is 9.59 Å². The second-order valence-corrected chi connectivity index (χ2v) is 4.64. The fraction of sp³-hybridized carbons (Fsp3) is 0.357. The average Bonchev–Trinajstić information content (AvgIpc) is 2.45. The first-order valence-electron chi connectivity index (χ1n) is 5.91. The van der Waals surface area contributed by atoms with E-state index in [1.165, 1.54) is 38.5 Å². The van der Waals surface area contributed by atoms with Gasteiger partial charge in [-0.2, -0.15) is 0 Å². The van der Waals surface area contributed by atoms with Gasteiger partial charge < -0.3 is 14.8 Å². The lowest BCUT2D eigenvalue weighted by Crippen LogP contribution is -2.50. The molecule has 0 unspecified atom stereocenters. The minimum Gasteiger partial charge on any atom is -0.467 e. The molecule has 0 aliphatic rings. The Hall–Kier alpha value is -2.37. The summed E-state index contributed by atoms with van der Waals surface area (Å²) in [5, 5.41) is 2.56. The molecule has 0 heterocycles. The number of benzene rings is 1. The molecule has 0 aliphatic heterocycles. The summed E-state index contributed by atoms with van der Waals surface area (Å²) in [7, 11) is 2.53. The van der Waals surface area contributed by atoms with E-state index in [1.807, 2.05) is 0 Å². The van der Waals surface area contributed by atoms with E-state index in [1.54, 1.807) is 13.8 Å². The van der Waals surface area contributed by atoms with Crippen LogP contribution < -0.4 is 5.32 Å². The van der Waals surface area contributed by atoms with Crippen LogP contribution in [-0.4, -0.2) is 37.6 Å². The Balaban J connectivity index is 2.83. The van der Waals surface area contributed by atoms with Gasteiger partial charge in [0.25, 0.3) is 5.91 Å². The van der Waals surface area contributed by atoms with Crippen LogP contribution in [0.5, 0.6) is 0 Å². The Morgan fingerprint density at radius 2 is 1.45 bits per heavy atom. The second kappa shape index (κ2) is 6.18. The van der Waals surface area contributed by atoms with E-state index >= 15 is 0 Å². The zero-order valence-corrected chi connectivity index (χ0v) is 11.9. The van der Waals surface area contributed by atoms with Crippen LogP contribution in [0.15, 0.2) is 24.3 Å². The van der Waals surface area contributed by atoms with Crippen molar-refractivity contribution in [2.45, 2.75) is 19.4 Å². The lowest BCUT2D eigenvalue weighted by atomic mass is 10.0. The number of methoxy groups -OCH3 is 2. The number of hydrogen-bond donors (Lipinski definition) is 1. The van der Waals surface area contributed by atoms with E-state index in [0.29, 0.717) is 11.1 Å². The average molecular weight is 279 g/mol. The summed E-state index contributed by atoms with van der Waals surface area (Å²) in [6.07, 6.45) is 0. The van der Waals surface area contributed by atoms with Crippen molar-refractivity contribution in [3.8, 4) is 0 Å². The number of rotatable bonds is 4. The van der Waals surface area contributed by atoms with Crippen LogP contribution in [-0.2, 0) is 14.3 Å². The predicted octanol–water partition coefficient (Wildman–Crippen LogP) is 1.15. The zero-order valence-electron chi connectivity index (χ0n) is 11.9. The molecule has 108 valence electrons. The summed E-state index contributed by atoms with van der Waals surface area (Å²) >= 11 is 0. The van der Waals surface area contributed by atoms with Crippen LogP contribution in [0.4, 0.5) is 0 Å². The molecule has 0 aliphatic carbocycles. The number of carbonyl (C=O) groups is 3. The third-order valence-corrected chi connectivity index (χ3v) is 2.69. The SMILES string of the molecule is COC(=O)c1ccc(C(=O)NC(C)(C)C(=O)OC)cc1. The molecule has 0 bridgehead atoms. The molecule has 0 radical (unpaired) electrons. The molecule has 20 heavy (non-hydrogen) atoms. The smallest absolute Gasteiger partial charge is 0.337 e. The lowest BCUT2D eigenvalue weighted by Gasteiger charge is -2.23. The molecule has 1 rings (SSSR count). The van der Waals surface area contributed by atoms with Crippen molar-refractivity contribution in [2.75, 3.05) is 14.2 Å². The second-order valence-electron chi connectivity index (χ2n) is 4.64. The van der Waals surface area contributed by atoms with E-state index in [4.69, 9.17) is 0 Å². The molecule has 1 aromatic carbocycles. The maximum atomic E-state index is 12.0. The number of amides is 1. The molecule has 0 atom stereocenters. The Bertz CT molecular complexity index is 519. The summed E-state index contributed by atoms with van der Waals surface area (Å²) < 4.78 is 9.16. The number of ether oxygens (including phenoxy) is 2. The number of esters is 2. The van der Waals surface area contributed by atoms with Crippen molar-refractivity contribution in [3.63, 3.8) is 0 Å². The normalized spacial score (nSPS) is 10.6. The highest BCUT2D eigenvalue weighted by atomic mass is 16.5. The van der Waals surface area contributed by atoms with Gasteiger partial charge in [-0.3, -0.25) is 4.79 Å². The highest BCUT2D eigenvalue weighted by Crippen LogP contribution is 2.09. The first kappa shape index (κ1) is 15.7. The molecule has 1 aromatic rings. The van der Waals surface area contributed by atoms with Crippen LogP contribution in [0.1, 0.15) is 34.6 Å². The van der Waals surface area contributed by atoms with E-state index in [-0.39, 0.29) is 0 Å². The van der Waals surface area contributed by atoms with Gasteiger partial charge in [-0.1, -0.05) is 0 Å². The quantitative estimate of drug-likeness (QED) is 0.836. The standard InChI is InChI=1S/C14H17NO5/c1-14(2,13(18)20-4)15-11(16)9-5-7-10(8-6-9)12(17)19-3/h5-8H,1-4H3,(H,15,16). The summed E-state index contributed by atoms with van der Waals surface area (Å²) in [4.78, 5) is 34.7. The fourth-order valence-electron chi connectivity index (χ4n) is 1.54. The van der Waals surface area contributed by atoms with Crippen molar-refractivity contribution >= 4 is 17.8 Å². The van der Waals surface area contributed by atoms with Gasteiger partial charge in [0.1, 0.15) is 5.54 Å². The predicted molar refractivity (Wildman–Crippen MR) is 71.3 cm³/mol. The van der Waals surface area contributed by atoms with Gasteiger partial charge in [-0.05, 0) is 38.1 Å². The first-order chi connectivity index (χ1) is 9.31. The van der Waals surface area contributed by atoms with Crippen LogP contribution in [0, 0.1) is 0 Å². The molecule has 0 saturated carbocycles. The van der Waals surface area contributed by atoms with Gasteiger partial charge in [0.15, 0.2) is 0 Å². The van der Waals surface area contributed by atoms with E-state index in [2.05, 4.69) is 14.8 Å². The Kier molecular flexibility index (Phi) is 4.85. The highest BCUT2D eigenvalue weighted by Gasteiger charge is 2.30. The van der Waals surface area contributed by atoms with Crippen molar-refractivity contribution in [1.29, 1.82) is 0 Å². The maximum absolute atomic E-state index is 12.0.